The van der Waals surface area contributed by atoms with Crippen LogP contribution in [0, 0.1) is 5.92 Å². The molecular formula is C17H22N6O3. The number of benzene rings is 1. The number of aromatic hydroxyl groups is 1. The second-order valence-corrected chi connectivity index (χ2v) is 6.72. The van der Waals surface area contributed by atoms with Gasteiger partial charge < -0.3 is 14.9 Å². The first-order valence-electron chi connectivity index (χ1n) is 8.37. The largest absolute Gasteiger partial charge is 0.508 e. The summed E-state index contributed by atoms with van der Waals surface area (Å²) in [7, 11) is 1.61. The third-order valence-corrected chi connectivity index (χ3v) is 4.19. The number of nitrogens with zero attached hydrogens (tertiary/aromatic N) is 4. The Labute approximate surface area is 151 Å². The molecule has 1 saturated heterocycles. The number of urea groups is 1. The Morgan fingerprint density at radius 1 is 1.35 bits per heavy atom. The van der Waals surface area contributed by atoms with Crippen LogP contribution in [-0.4, -0.2) is 64.8 Å². The Morgan fingerprint density at radius 3 is 2.69 bits per heavy atom. The van der Waals surface area contributed by atoms with Gasteiger partial charge in [0.1, 0.15) is 5.75 Å². The number of hydrogen-bond donors (Lipinski definition) is 3. The van der Waals surface area contributed by atoms with E-state index in [1.807, 2.05) is 18.7 Å². The average molecular weight is 358 g/mol. The lowest BCUT2D eigenvalue weighted by Crippen LogP contribution is -2.64. The standard InChI is InChI=1S/C17H22N6O3/c1-10(2)9-23-13-14(22(3)17(26)20-15(13)25)19-16(23)21-18-8-11-4-6-12(24)7-5-11/h4-8,10,13-14,24H,9H2,1-3H3,(H,19,21)(H,20,25,26)/b18-8+. The highest BCUT2D eigenvalue weighted by Crippen LogP contribution is 2.24. The Hall–Kier alpha value is -3.10. The van der Waals surface area contributed by atoms with Crippen molar-refractivity contribution in [1.29, 1.82) is 0 Å². The van der Waals surface area contributed by atoms with Gasteiger partial charge in [-0.2, -0.15) is 5.10 Å². The van der Waals surface area contributed by atoms with Crippen LogP contribution in [0.5, 0.6) is 5.75 Å². The summed E-state index contributed by atoms with van der Waals surface area (Å²) in [6.07, 6.45) is 1.01. The van der Waals surface area contributed by atoms with Crippen molar-refractivity contribution in [2.75, 3.05) is 13.6 Å². The zero-order chi connectivity index (χ0) is 18.8. The SMILES string of the molecule is CC(C)CN1C(N/N=C/c2ccc(O)cc2)=NC2C1C(=O)NC(=O)N2C. The molecule has 0 saturated carbocycles. The topological polar surface area (TPSA) is 110 Å². The van der Waals surface area contributed by atoms with Crippen LogP contribution in [0.3, 0.4) is 0 Å². The average Bonchev–Trinajstić information content (AvgIpc) is 2.93. The van der Waals surface area contributed by atoms with Crippen molar-refractivity contribution in [1.82, 2.24) is 20.5 Å². The molecule has 9 nitrogen and oxygen atoms in total. The number of fused-ring (bicyclic) bond motifs is 1. The van der Waals surface area contributed by atoms with Gasteiger partial charge in [-0.15, -0.1) is 0 Å². The van der Waals surface area contributed by atoms with Crippen LogP contribution in [0.25, 0.3) is 0 Å². The van der Waals surface area contributed by atoms with Crippen molar-refractivity contribution >= 4 is 24.1 Å². The molecule has 26 heavy (non-hydrogen) atoms. The van der Waals surface area contributed by atoms with E-state index in [2.05, 4.69) is 20.8 Å². The van der Waals surface area contributed by atoms with Gasteiger partial charge in [0.05, 0.1) is 6.21 Å². The smallest absolute Gasteiger partial charge is 0.325 e. The van der Waals surface area contributed by atoms with E-state index in [1.165, 1.54) is 4.90 Å². The van der Waals surface area contributed by atoms with Crippen molar-refractivity contribution in [3.05, 3.63) is 29.8 Å². The minimum absolute atomic E-state index is 0.182. The lowest BCUT2D eigenvalue weighted by molar-refractivity contribution is -0.127. The molecule has 2 aliphatic heterocycles. The summed E-state index contributed by atoms with van der Waals surface area (Å²) in [5.74, 6) is 0.556. The fraction of sp³-hybridized carbons (Fsp3) is 0.412. The van der Waals surface area contributed by atoms with E-state index in [9.17, 15) is 14.7 Å². The molecule has 0 radical (unpaired) electrons. The molecule has 2 heterocycles. The minimum atomic E-state index is -0.582. The summed E-state index contributed by atoms with van der Waals surface area (Å²) in [6, 6.07) is 5.55. The zero-order valence-electron chi connectivity index (χ0n) is 14.9. The first-order valence-corrected chi connectivity index (χ1v) is 8.37. The molecule has 3 amide bonds. The predicted molar refractivity (Wildman–Crippen MR) is 96.7 cm³/mol. The first-order chi connectivity index (χ1) is 12.4. The molecule has 3 rings (SSSR count). The Bertz CT molecular complexity index is 758. The number of likely N-dealkylation sites (N-methyl/N-ethyl adjacent to an activating group) is 1. The molecule has 0 spiro atoms. The van der Waals surface area contributed by atoms with E-state index in [0.29, 0.717) is 12.5 Å². The quantitative estimate of drug-likeness (QED) is 0.537. The lowest BCUT2D eigenvalue weighted by Gasteiger charge is -2.36. The van der Waals surface area contributed by atoms with Crippen molar-refractivity contribution in [3.63, 3.8) is 0 Å². The van der Waals surface area contributed by atoms with Crippen LogP contribution < -0.4 is 10.7 Å². The molecular weight excluding hydrogens is 336 g/mol. The van der Waals surface area contributed by atoms with Gasteiger partial charge in [-0.25, -0.2) is 15.2 Å². The van der Waals surface area contributed by atoms with Gasteiger partial charge in [-0.05, 0) is 35.7 Å². The number of hydrogen-bond acceptors (Lipinski definition) is 7. The van der Waals surface area contributed by atoms with Crippen LogP contribution >= 0.6 is 0 Å². The van der Waals surface area contributed by atoms with Gasteiger partial charge in [-0.3, -0.25) is 10.1 Å². The number of imide groups is 1. The highest BCUT2D eigenvalue weighted by Gasteiger charge is 2.48. The Morgan fingerprint density at radius 2 is 2.04 bits per heavy atom. The summed E-state index contributed by atoms with van der Waals surface area (Å²) >= 11 is 0. The fourth-order valence-electron chi connectivity index (χ4n) is 2.94. The highest BCUT2D eigenvalue weighted by atomic mass is 16.3. The normalized spacial score (nSPS) is 22.7. The first kappa shape index (κ1) is 17.7. The molecule has 3 N–H and O–H groups in total. The van der Waals surface area contributed by atoms with Crippen molar-refractivity contribution in [2.45, 2.75) is 26.1 Å². The molecule has 0 aromatic heterocycles. The van der Waals surface area contributed by atoms with Gasteiger partial charge in [0.25, 0.3) is 5.91 Å². The molecule has 138 valence electrons. The fourth-order valence-corrected chi connectivity index (χ4v) is 2.94. The van der Waals surface area contributed by atoms with Crippen LogP contribution in [0.2, 0.25) is 0 Å². The Kier molecular flexibility index (Phi) is 4.79. The maximum Gasteiger partial charge on any atom is 0.325 e. The maximum absolute atomic E-state index is 12.3. The summed E-state index contributed by atoms with van der Waals surface area (Å²) in [5, 5.41) is 15.8. The number of nitrogens with one attached hydrogen (secondary N) is 2. The molecule has 0 bridgehead atoms. The monoisotopic (exact) mass is 358 g/mol. The molecule has 1 aromatic carbocycles. The number of hydrazone groups is 1. The van der Waals surface area contributed by atoms with Crippen LogP contribution in [0.1, 0.15) is 19.4 Å². The number of rotatable bonds is 4. The van der Waals surface area contributed by atoms with Crippen molar-refractivity contribution < 1.29 is 14.7 Å². The number of phenolic OH excluding ortho intramolecular Hbond substituents is 1. The number of phenols is 1. The van der Waals surface area contributed by atoms with Crippen molar-refractivity contribution in [3.8, 4) is 5.75 Å². The van der Waals surface area contributed by atoms with Gasteiger partial charge in [-0.1, -0.05) is 13.8 Å². The molecule has 9 heteroatoms. The second-order valence-electron chi connectivity index (χ2n) is 6.72. The van der Waals surface area contributed by atoms with Gasteiger partial charge in [0.2, 0.25) is 5.96 Å². The Balaban J connectivity index is 1.79. The molecule has 0 aliphatic carbocycles. The summed E-state index contributed by atoms with van der Waals surface area (Å²) in [5.41, 5.74) is 3.68. The van der Waals surface area contributed by atoms with E-state index >= 15 is 0 Å². The summed E-state index contributed by atoms with van der Waals surface area (Å²) < 4.78 is 0. The number of carbonyl (C=O) groups is 2. The summed E-state index contributed by atoms with van der Waals surface area (Å²) in [4.78, 5) is 31.9. The van der Waals surface area contributed by atoms with Crippen LogP contribution in [-0.2, 0) is 4.79 Å². The summed E-state index contributed by atoms with van der Waals surface area (Å²) in [6.45, 7) is 4.68. The van der Waals surface area contributed by atoms with Crippen LogP contribution in [0.4, 0.5) is 4.79 Å². The predicted octanol–water partition coefficient (Wildman–Crippen LogP) is 0.520. The zero-order valence-corrected chi connectivity index (χ0v) is 14.9. The maximum atomic E-state index is 12.3. The highest BCUT2D eigenvalue weighted by molar-refractivity contribution is 6.03. The van der Waals surface area contributed by atoms with E-state index < -0.39 is 18.2 Å². The number of carbonyl (C=O) groups excluding carboxylic acids is 2. The number of aliphatic imine (C=N–C) groups is 1. The molecule has 2 aliphatic rings. The second kappa shape index (κ2) is 7.03. The third kappa shape index (κ3) is 3.46. The number of amides is 3. The van der Waals surface area contributed by atoms with Gasteiger partial charge >= 0.3 is 6.03 Å². The minimum Gasteiger partial charge on any atom is -0.508 e. The van der Waals surface area contributed by atoms with E-state index in [-0.39, 0.29) is 17.6 Å². The lowest BCUT2D eigenvalue weighted by atomic mass is 10.1. The molecule has 1 aromatic rings. The molecule has 2 atom stereocenters. The van der Waals surface area contributed by atoms with E-state index in [1.54, 1.807) is 37.5 Å². The van der Waals surface area contributed by atoms with Gasteiger partial charge in [0, 0.05) is 13.6 Å². The van der Waals surface area contributed by atoms with Crippen molar-refractivity contribution in [2.24, 2.45) is 16.0 Å². The molecule has 2 unspecified atom stereocenters. The van der Waals surface area contributed by atoms with Crippen LogP contribution in [0.15, 0.2) is 34.4 Å². The number of guanidine groups is 1. The molecule has 1 fully saturated rings. The third-order valence-electron chi connectivity index (χ3n) is 4.19. The van der Waals surface area contributed by atoms with E-state index in [0.717, 1.165) is 5.56 Å². The van der Waals surface area contributed by atoms with E-state index in [4.69, 9.17) is 0 Å². The van der Waals surface area contributed by atoms with Gasteiger partial charge in [0.15, 0.2) is 12.2 Å².